The third kappa shape index (κ3) is 4.92. The van der Waals surface area contributed by atoms with Gasteiger partial charge in [-0.05, 0) is 31.2 Å². The maximum absolute atomic E-state index is 12.5. The van der Waals surface area contributed by atoms with Crippen LogP contribution in [0.4, 0.5) is 5.69 Å². The standard InChI is InChI=1S/C15H24N2O3/c1-12(17(8-10-19-2)9-11-20-3)15(18)13-4-6-14(16)7-5-13/h4-7,12H,8-11,16H2,1-3H3. The van der Waals surface area contributed by atoms with E-state index in [2.05, 4.69) is 4.90 Å². The SMILES string of the molecule is COCCN(CCOC)C(C)C(=O)c1ccc(N)cc1. The fraction of sp³-hybridized carbons (Fsp3) is 0.533. The summed E-state index contributed by atoms with van der Waals surface area (Å²) in [7, 11) is 3.31. The summed E-state index contributed by atoms with van der Waals surface area (Å²) in [5, 5.41) is 0. The summed E-state index contributed by atoms with van der Waals surface area (Å²) in [4.78, 5) is 14.5. The second-order valence-corrected chi connectivity index (χ2v) is 4.68. The van der Waals surface area contributed by atoms with Crippen molar-refractivity contribution in [1.29, 1.82) is 0 Å². The van der Waals surface area contributed by atoms with Crippen LogP contribution in [-0.4, -0.2) is 57.2 Å². The summed E-state index contributed by atoms with van der Waals surface area (Å²) in [5.74, 6) is 0.0807. The number of hydrogen-bond donors (Lipinski definition) is 1. The molecule has 0 saturated heterocycles. The van der Waals surface area contributed by atoms with E-state index in [1.54, 1.807) is 38.5 Å². The van der Waals surface area contributed by atoms with Gasteiger partial charge in [0.2, 0.25) is 0 Å². The summed E-state index contributed by atoms with van der Waals surface area (Å²) in [6.45, 7) is 4.47. The number of nitrogens with zero attached hydrogens (tertiary/aromatic N) is 1. The van der Waals surface area contributed by atoms with Crippen molar-refractivity contribution in [2.45, 2.75) is 13.0 Å². The molecule has 20 heavy (non-hydrogen) atoms. The van der Waals surface area contributed by atoms with E-state index in [4.69, 9.17) is 15.2 Å². The summed E-state index contributed by atoms with van der Waals surface area (Å²) in [6.07, 6.45) is 0. The molecule has 1 aromatic rings. The van der Waals surface area contributed by atoms with Gasteiger partial charge in [0.05, 0.1) is 19.3 Å². The maximum Gasteiger partial charge on any atom is 0.179 e. The van der Waals surface area contributed by atoms with E-state index in [0.717, 1.165) is 0 Å². The number of carbonyl (C=O) groups is 1. The minimum Gasteiger partial charge on any atom is -0.399 e. The number of carbonyl (C=O) groups excluding carboxylic acids is 1. The number of rotatable bonds is 9. The van der Waals surface area contributed by atoms with Gasteiger partial charge in [0, 0.05) is 38.6 Å². The molecule has 5 nitrogen and oxygen atoms in total. The number of benzene rings is 1. The summed E-state index contributed by atoms with van der Waals surface area (Å²) in [6, 6.07) is 6.80. The number of nitrogen functional groups attached to an aromatic ring is 1. The lowest BCUT2D eigenvalue weighted by atomic mass is 10.0. The van der Waals surface area contributed by atoms with Crippen LogP contribution in [0.2, 0.25) is 0 Å². The largest absolute Gasteiger partial charge is 0.399 e. The molecular formula is C15H24N2O3. The molecule has 0 heterocycles. The molecular weight excluding hydrogens is 256 g/mol. The van der Waals surface area contributed by atoms with Crippen LogP contribution in [0.3, 0.4) is 0 Å². The Hall–Kier alpha value is -1.43. The van der Waals surface area contributed by atoms with Crippen molar-refractivity contribution < 1.29 is 14.3 Å². The van der Waals surface area contributed by atoms with E-state index in [-0.39, 0.29) is 11.8 Å². The van der Waals surface area contributed by atoms with Crippen molar-refractivity contribution in [1.82, 2.24) is 4.90 Å². The molecule has 0 aliphatic carbocycles. The molecule has 0 aliphatic heterocycles. The van der Waals surface area contributed by atoms with Crippen molar-refractivity contribution in [2.24, 2.45) is 0 Å². The Morgan fingerprint density at radius 1 is 1.15 bits per heavy atom. The number of nitrogens with two attached hydrogens (primary N) is 1. The minimum absolute atomic E-state index is 0.0807. The molecule has 0 bridgehead atoms. The highest BCUT2D eigenvalue weighted by atomic mass is 16.5. The van der Waals surface area contributed by atoms with Gasteiger partial charge in [-0.2, -0.15) is 0 Å². The topological polar surface area (TPSA) is 64.8 Å². The Morgan fingerprint density at radius 2 is 1.65 bits per heavy atom. The molecule has 0 aliphatic rings. The normalized spacial score (nSPS) is 12.6. The lowest BCUT2D eigenvalue weighted by Crippen LogP contribution is -2.42. The van der Waals surface area contributed by atoms with Crippen molar-refractivity contribution in [3.63, 3.8) is 0 Å². The monoisotopic (exact) mass is 280 g/mol. The van der Waals surface area contributed by atoms with Gasteiger partial charge in [-0.3, -0.25) is 9.69 Å². The van der Waals surface area contributed by atoms with Gasteiger partial charge >= 0.3 is 0 Å². The first-order valence-electron chi connectivity index (χ1n) is 6.71. The number of ether oxygens (including phenoxy) is 2. The van der Waals surface area contributed by atoms with Crippen LogP contribution in [-0.2, 0) is 9.47 Å². The van der Waals surface area contributed by atoms with Gasteiger partial charge in [0.25, 0.3) is 0 Å². The Bertz CT molecular complexity index is 398. The van der Waals surface area contributed by atoms with Gasteiger partial charge in [0.15, 0.2) is 5.78 Å². The van der Waals surface area contributed by atoms with Crippen LogP contribution in [0.1, 0.15) is 17.3 Å². The Morgan fingerprint density at radius 3 is 2.10 bits per heavy atom. The fourth-order valence-electron chi connectivity index (χ4n) is 1.97. The van der Waals surface area contributed by atoms with Gasteiger partial charge in [-0.25, -0.2) is 0 Å². The lowest BCUT2D eigenvalue weighted by molar-refractivity contribution is 0.0687. The highest BCUT2D eigenvalue weighted by Gasteiger charge is 2.21. The molecule has 0 saturated carbocycles. The van der Waals surface area contributed by atoms with Crippen LogP contribution in [0.25, 0.3) is 0 Å². The van der Waals surface area contributed by atoms with Crippen LogP contribution < -0.4 is 5.73 Å². The van der Waals surface area contributed by atoms with E-state index >= 15 is 0 Å². The third-order valence-corrected chi connectivity index (χ3v) is 3.29. The van der Waals surface area contributed by atoms with Gasteiger partial charge in [0.1, 0.15) is 0 Å². The Balaban J connectivity index is 2.73. The van der Waals surface area contributed by atoms with E-state index in [9.17, 15) is 4.79 Å². The van der Waals surface area contributed by atoms with Gasteiger partial charge < -0.3 is 15.2 Å². The highest BCUT2D eigenvalue weighted by Crippen LogP contribution is 2.11. The van der Waals surface area contributed by atoms with E-state index in [0.29, 0.717) is 37.6 Å². The zero-order valence-electron chi connectivity index (χ0n) is 12.5. The molecule has 1 rings (SSSR count). The molecule has 0 spiro atoms. The molecule has 5 heteroatoms. The maximum atomic E-state index is 12.5. The molecule has 0 aromatic heterocycles. The predicted molar refractivity (Wildman–Crippen MR) is 80.0 cm³/mol. The summed E-state index contributed by atoms with van der Waals surface area (Å²) in [5.41, 5.74) is 6.97. The van der Waals surface area contributed by atoms with Crippen molar-refractivity contribution >= 4 is 11.5 Å². The van der Waals surface area contributed by atoms with Crippen LogP contribution in [0.5, 0.6) is 0 Å². The molecule has 1 aromatic carbocycles. The molecule has 2 N–H and O–H groups in total. The molecule has 1 atom stereocenters. The van der Waals surface area contributed by atoms with E-state index < -0.39 is 0 Å². The highest BCUT2D eigenvalue weighted by molar-refractivity contribution is 6.00. The van der Waals surface area contributed by atoms with Crippen molar-refractivity contribution in [2.75, 3.05) is 46.3 Å². The predicted octanol–water partition coefficient (Wildman–Crippen LogP) is 1.43. The second-order valence-electron chi connectivity index (χ2n) is 4.68. The first kappa shape index (κ1) is 16.6. The van der Waals surface area contributed by atoms with E-state index in [1.165, 1.54) is 0 Å². The van der Waals surface area contributed by atoms with Gasteiger partial charge in [-0.15, -0.1) is 0 Å². The van der Waals surface area contributed by atoms with E-state index in [1.807, 2.05) is 6.92 Å². The molecule has 0 radical (unpaired) electrons. The Labute approximate surface area is 120 Å². The zero-order chi connectivity index (χ0) is 15.0. The molecule has 0 fully saturated rings. The van der Waals surface area contributed by atoms with Gasteiger partial charge in [-0.1, -0.05) is 0 Å². The van der Waals surface area contributed by atoms with Crippen LogP contribution in [0, 0.1) is 0 Å². The van der Waals surface area contributed by atoms with Crippen molar-refractivity contribution in [3.05, 3.63) is 29.8 Å². The van der Waals surface area contributed by atoms with Crippen LogP contribution in [0.15, 0.2) is 24.3 Å². The zero-order valence-corrected chi connectivity index (χ0v) is 12.5. The quantitative estimate of drug-likeness (QED) is 0.547. The fourth-order valence-corrected chi connectivity index (χ4v) is 1.97. The average Bonchev–Trinajstić information content (AvgIpc) is 2.47. The molecule has 0 amide bonds. The second kappa shape index (κ2) is 8.68. The van der Waals surface area contributed by atoms with Crippen LogP contribution >= 0.6 is 0 Å². The smallest absolute Gasteiger partial charge is 0.179 e. The minimum atomic E-state index is -0.219. The number of Topliss-reactive ketones (excluding diaryl/α,β-unsaturated/α-hetero) is 1. The molecule has 112 valence electrons. The van der Waals surface area contributed by atoms with Crippen molar-refractivity contribution in [3.8, 4) is 0 Å². The number of methoxy groups -OCH3 is 2. The molecule has 1 unspecified atom stereocenters. The number of ketones is 1. The Kier molecular flexibility index (Phi) is 7.22. The summed E-state index contributed by atoms with van der Waals surface area (Å²) < 4.78 is 10.2. The summed E-state index contributed by atoms with van der Waals surface area (Å²) >= 11 is 0. The number of hydrogen-bond acceptors (Lipinski definition) is 5. The third-order valence-electron chi connectivity index (χ3n) is 3.29. The average molecular weight is 280 g/mol. The lowest BCUT2D eigenvalue weighted by Gasteiger charge is -2.27. The number of anilines is 1. The first-order valence-corrected chi connectivity index (χ1v) is 6.71. The first-order chi connectivity index (χ1) is 9.60.